The first-order valence-corrected chi connectivity index (χ1v) is 5.41. The van der Waals surface area contributed by atoms with Crippen molar-refractivity contribution in [2.24, 2.45) is 0 Å². The van der Waals surface area contributed by atoms with Gasteiger partial charge in [-0.1, -0.05) is 12.1 Å². The van der Waals surface area contributed by atoms with Crippen molar-refractivity contribution in [2.45, 2.75) is 12.3 Å². The Hall–Kier alpha value is -1.55. The summed E-state index contributed by atoms with van der Waals surface area (Å²) in [4.78, 5) is 10.3. The SMILES string of the molecule is O=C(O)COc1ccc(C2CCNC2)cc1. The minimum Gasteiger partial charge on any atom is -0.482 e. The highest BCUT2D eigenvalue weighted by atomic mass is 16.5. The maximum absolute atomic E-state index is 10.3. The first-order valence-electron chi connectivity index (χ1n) is 5.41. The molecule has 86 valence electrons. The van der Waals surface area contributed by atoms with Gasteiger partial charge < -0.3 is 15.2 Å². The van der Waals surface area contributed by atoms with Crippen LogP contribution in [0.2, 0.25) is 0 Å². The molecule has 0 aliphatic carbocycles. The van der Waals surface area contributed by atoms with Crippen LogP contribution in [0.4, 0.5) is 0 Å². The summed E-state index contributed by atoms with van der Waals surface area (Å²) in [6.07, 6.45) is 1.16. The molecule has 1 unspecified atom stereocenters. The van der Waals surface area contributed by atoms with Gasteiger partial charge >= 0.3 is 5.97 Å². The van der Waals surface area contributed by atoms with Gasteiger partial charge in [0.25, 0.3) is 0 Å². The van der Waals surface area contributed by atoms with Gasteiger partial charge in [-0.3, -0.25) is 0 Å². The zero-order valence-electron chi connectivity index (χ0n) is 8.98. The number of nitrogens with one attached hydrogen (secondary N) is 1. The third-order valence-corrected chi connectivity index (χ3v) is 2.77. The highest BCUT2D eigenvalue weighted by Crippen LogP contribution is 2.24. The largest absolute Gasteiger partial charge is 0.482 e. The Morgan fingerprint density at radius 2 is 2.19 bits per heavy atom. The molecule has 4 heteroatoms. The van der Waals surface area contributed by atoms with E-state index >= 15 is 0 Å². The quantitative estimate of drug-likeness (QED) is 0.802. The molecule has 1 heterocycles. The van der Waals surface area contributed by atoms with Gasteiger partial charge in [0, 0.05) is 6.54 Å². The molecule has 16 heavy (non-hydrogen) atoms. The van der Waals surface area contributed by atoms with Gasteiger partial charge in [-0.15, -0.1) is 0 Å². The normalized spacial score (nSPS) is 19.6. The van der Waals surface area contributed by atoms with E-state index in [0.29, 0.717) is 11.7 Å². The molecule has 2 rings (SSSR count). The van der Waals surface area contributed by atoms with Crippen LogP contribution < -0.4 is 10.1 Å². The van der Waals surface area contributed by atoms with Gasteiger partial charge in [0.05, 0.1) is 0 Å². The maximum atomic E-state index is 10.3. The van der Waals surface area contributed by atoms with Crippen molar-refractivity contribution < 1.29 is 14.6 Å². The summed E-state index contributed by atoms with van der Waals surface area (Å²) >= 11 is 0. The molecule has 0 bridgehead atoms. The topological polar surface area (TPSA) is 58.6 Å². The highest BCUT2D eigenvalue weighted by Gasteiger charge is 2.16. The summed E-state index contributed by atoms with van der Waals surface area (Å²) in [6, 6.07) is 7.68. The van der Waals surface area contributed by atoms with Gasteiger partial charge in [0.1, 0.15) is 5.75 Å². The van der Waals surface area contributed by atoms with Gasteiger partial charge in [0.15, 0.2) is 6.61 Å². The van der Waals surface area contributed by atoms with Crippen molar-refractivity contribution in [2.75, 3.05) is 19.7 Å². The van der Waals surface area contributed by atoms with E-state index in [9.17, 15) is 4.79 Å². The monoisotopic (exact) mass is 221 g/mol. The van der Waals surface area contributed by atoms with Crippen molar-refractivity contribution in [3.05, 3.63) is 29.8 Å². The lowest BCUT2D eigenvalue weighted by atomic mass is 9.99. The Balaban J connectivity index is 1.95. The Labute approximate surface area is 94.2 Å². The lowest BCUT2D eigenvalue weighted by Crippen LogP contribution is -2.10. The Morgan fingerprint density at radius 3 is 2.75 bits per heavy atom. The summed E-state index contributed by atoms with van der Waals surface area (Å²) in [5, 5.41) is 11.8. The second kappa shape index (κ2) is 4.99. The Bertz CT molecular complexity index is 355. The highest BCUT2D eigenvalue weighted by molar-refractivity contribution is 5.68. The van der Waals surface area contributed by atoms with Crippen LogP contribution in [0.5, 0.6) is 5.75 Å². The number of carboxylic acid groups (broad SMARTS) is 1. The number of ether oxygens (including phenoxy) is 1. The minimum absolute atomic E-state index is 0.287. The van der Waals surface area contributed by atoms with Crippen molar-refractivity contribution in [1.82, 2.24) is 5.32 Å². The second-order valence-corrected chi connectivity index (χ2v) is 3.94. The summed E-state index contributed by atoms with van der Waals surface area (Å²) in [5.41, 5.74) is 1.28. The molecule has 0 spiro atoms. The molecule has 0 amide bonds. The lowest BCUT2D eigenvalue weighted by molar-refractivity contribution is -0.139. The van der Waals surface area contributed by atoms with Crippen molar-refractivity contribution >= 4 is 5.97 Å². The van der Waals surface area contributed by atoms with Crippen molar-refractivity contribution in [1.29, 1.82) is 0 Å². The molecule has 1 aliphatic rings. The van der Waals surface area contributed by atoms with Crippen molar-refractivity contribution in [3.63, 3.8) is 0 Å². The van der Waals surface area contributed by atoms with Crippen LogP contribution in [0.1, 0.15) is 17.9 Å². The molecule has 1 aromatic rings. The van der Waals surface area contributed by atoms with Crippen LogP contribution in [0, 0.1) is 0 Å². The zero-order chi connectivity index (χ0) is 11.4. The smallest absolute Gasteiger partial charge is 0.341 e. The average molecular weight is 221 g/mol. The zero-order valence-corrected chi connectivity index (χ0v) is 8.98. The van der Waals surface area contributed by atoms with E-state index in [0.717, 1.165) is 19.5 Å². The van der Waals surface area contributed by atoms with Gasteiger partial charge in [-0.05, 0) is 36.6 Å². The van der Waals surface area contributed by atoms with Gasteiger partial charge in [0.2, 0.25) is 0 Å². The molecule has 2 N–H and O–H groups in total. The molecule has 0 saturated carbocycles. The number of rotatable bonds is 4. The lowest BCUT2D eigenvalue weighted by Gasteiger charge is -2.09. The first kappa shape index (κ1) is 11.0. The van der Waals surface area contributed by atoms with E-state index in [1.54, 1.807) is 0 Å². The van der Waals surface area contributed by atoms with E-state index in [4.69, 9.17) is 9.84 Å². The molecule has 4 nitrogen and oxygen atoms in total. The van der Waals surface area contributed by atoms with E-state index in [2.05, 4.69) is 5.32 Å². The summed E-state index contributed by atoms with van der Waals surface area (Å²) in [7, 11) is 0. The summed E-state index contributed by atoms with van der Waals surface area (Å²) in [6.45, 7) is 1.81. The van der Waals surface area contributed by atoms with Crippen LogP contribution in [-0.2, 0) is 4.79 Å². The van der Waals surface area contributed by atoms with E-state index in [-0.39, 0.29) is 6.61 Å². The second-order valence-electron chi connectivity index (χ2n) is 3.94. The number of hydrogen-bond donors (Lipinski definition) is 2. The molecule has 1 atom stereocenters. The van der Waals surface area contributed by atoms with Crippen molar-refractivity contribution in [3.8, 4) is 5.75 Å². The summed E-state index contributed by atoms with van der Waals surface area (Å²) in [5.74, 6) is 0.231. The molecule has 0 aromatic heterocycles. The maximum Gasteiger partial charge on any atom is 0.341 e. The third-order valence-electron chi connectivity index (χ3n) is 2.77. The predicted octanol–water partition coefficient (Wildman–Crippen LogP) is 1.23. The number of carboxylic acids is 1. The fourth-order valence-corrected chi connectivity index (χ4v) is 1.92. The van der Waals surface area contributed by atoms with Crippen LogP contribution in [0.3, 0.4) is 0 Å². The molecule has 1 fully saturated rings. The van der Waals surface area contributed by atoms with Crippen LogP contribution >= 0.6 is 0 Å². The van der Waals surface area contributed by atoms with Crippen LogP contribution in [0.15, 0.2) is 24.3 Å². The van der Waals surface area contributed by atoms with Gasteiger partial charge in [-0.25, -0.2) is 4.79 Å². The Morgan fingerprint density at radius 1 is 1.44 bits per heavy atom. The van der Waals surface area contributed by atoms with Crippen LogP contribution in [0.25, 0.3) is 0 Å². The Kier molecular flexibility index (Phi) is 3.41. The molecular formula is C12H15NO3. The molecule has 1 aliphatic heterocycles. The molecule has 1 aromatic carbocycles. The van der Waals surface area contributed by atoms with E-state index < -0.39 is 5.97 Å². The molecule has 0 radical (unpaired) electrons. The molecular weight excluding hydrogens is 206 g/mol. The first-order chi connectivity index (χ1) is 7.75. The van der Waals surface area contributed by atoms with E-state index in [1.165, 1.54) is 5.56 Å². The number of hydrogen-bond acceptors (Lipinski definition) is 3. The summed E-state index contributed by atoms with van der Waals surface area (Å²) < 4.78 is 5.07. The van der Waals surface area contributed by atoms with Gasteiger partial charge in [-0.2, -0.15) is 0 Å². The number of carbonyl (C=O) groups is 1. The third kappa shape index (κ3) is 2.73. The minimum atomic E-state index is -0.955. The predicted molar refractivity (Wildman–Crippen MR) is 59.8 cm³/mol. The molecule has 1 saturated heterocycles. The number of aliphatic carboxylic acids is 1. The number of benzene rings is 1. The standard InChI is InChI=1S/C12H15NO3/c14-12(15)8-16-11-3-1-9(2-4-11)10-5-6-13-7-10/h1-4,10,13H,5-8H2,(H,14,15). The van der Waals surface area contributed by atoms with Crippen LogP contribution in [-0.4, -0.2) is 30.8 Å². The fraction of sp³-hybridized carbons (Fsp3) is 0.417. The van der Waals surface area contributed by atoms with E-state index in [1.807, 2.05) is 24.3 Å². The fourth-order valence-electron chi connectivity index (χ4n) is 1.92. The average Bonchev–Trinajstić information content (AvgIpc) is 2.80.